The van der Waals surface area contributed by atoms with E-state index in [1.54, 1.807) is 4.90 Å². The number of rotatable bonds is 7. The number of para-hydroxylation sites is 1. The van der Waals surface area contributed by atoms with Gasteiger partial charge in [0.25, 0.3) is 5.91 Å². The third kappa shape index (κ3) is 4.52. The lowest BCUT2D eigenvalue weighted by atomic mass is 10.0. The molecule has 1 heterocycles. The largest absolute Gasteiger partial charge is 0.490 e. The van der Waals surface area contributed by atoms with Gasteiger partial charge in [0.15, 0.2) is 11.5 Å². The Balaban J connectivity index is 1.62. The standard InChI is InChI=1S/C26H24BrNO3/c1-3-28-23-8-6-5-7-21(23)22(26(28)29)15-19-11-14-24(25(16-19)30-4-2)31-17-18-9-12-20(27)13-10-18/h5-16H,3-4,17H2,1-2H3/b22-15-. The summed E-state index contributed by atoms with van der Waals surface area (Å²) in [6.07, 6.45) is 1.93. The van der Waals surface area contributed by atoms with E-state index in [2.05, 4.69) is 15.9 Å². The topological polar surface area (TPSA) is 38.8 Å². The Morgan fingerprint density at radius 2 is 1.71 bits per heavy atom. The van der Waals surface area contributed by atoms with Crippen LogP contribution in [-0.2, 0) is 11.4 Å². The zero-order valence-electron chi connectivity index (χ0n) is 17.6. The SMILES string of the molecule is CCOc1cc(/C=C2\C(=O)N(CC)c3ccccc32)ccc1OCc1ccc(Br)cc1. The second kappa shape index (κ2) is 9.40. The Labute approximate surface area is 191 Å². The summed E-state index contributed by atoms with van der Waals surface area (Å²) in [5.74, 6) is 1.37. The minimum absolute atomic E-state index is 0.0252. The molecular weight excluding hydrogens is 454 g/mol. The van der Waals surface area contributed by atoms with E-state index < -0.39 is 0 Å². The van der Waals surface area contributed by atoms with E-state index in [1.807, 2.05) is 86.7 Å². The molecule has 0 aliphatic carbocycles. The van der Waals surface area contributed by atoms with E-state index in [0.717, 1.165) is 26.9 Å². The van der Waals surface area contributed by atoms with Gasteiger partial charge in [-0.15, -0.1) is 0 Å². The molecule has 4 rings (SSSR count). The minimum atomic E-state index is 0.0252. The molecule has 5 heteroatoms. The van der Waals surface area contributed by atoms with Crippen molar-refractivity contribution in [1.82, 2.24) is 0 Å². The summed E-state index contributed by atoms with van der Waals surface area (Å²) in [5.41, 5.74) is 4.59. The average Bonchev–Trinajstić information content (AvgIpc) is 3.05. The quantitative estimate of drug-likeness (QED) is 0.373. The Hall–Kier alpha value is -3.05. The number of halogens is 1. The maximum absolute atomic E-state index is 13.0. The monoisotopic (exact) mass is 477 g/mol. The maximum Gasteiger partial charge on any atom is 0.258 e. The van der Waals surface area contributed by atoms with Crippen molar-refractivity contribution in [2.24, 2.45) is 0 Å². The third-order valence-electron chi connectivity index (χ3n) is 5.16. The molecule has 0 radical (unpaired) electrons. The summed E-state index contributed by atoms with van der Waals surface area (Å²) in [5, 5.41) is 0. The van der Waals surface area contributed by atoms with E-state index in [-0.39, 0.29) is 5.91 Å². The summed E-state index contributed by atoms with van der Waals surface area (Å²) >= 11 is 3.45. The number of ether oxygens (including phenoxy) is 2. The number of carbonyl (C=O) groups is 1. The zero-order valence-corrected chi connectivity index (χ0v) is 19.2. The van der Waals surface area contributed by atoms with Crippen LogP contribution >= 0.6 is 15.9 Å². The molecule has 4 nitrogen and oxygen atoms in total. The van der Waals surface area contributed by atoms with Crippen molar-refractivity contribution >= 4 is 39.2 Å². The van der Waals surface area contributed by atoms with Gasteiger partial charge >= 0.3 is 0 Å². The molecule has 0 aromatic heterocycles. The number of nitrogens with zero attached hydrogens (tertiary/aromatic N) is 1. The molecule has 1 aliphatic heterocycles. The van der Waals surface area contributed by atoms with Gasteiger partial charge in [-0.05, 0) is 61.4 Å². The predicted molar refractivity (Wildman–Crippen MR) is 128 cm³/mol. The molecule has 0 atom stereocenters. The second-order valence-electron chi connectivity index (χ2n) is 7.18. The van der Waals surface area contributed by atoms with Crippen molar-refractivity contribution in [3.63, 3.8) is 0 Å². The molecule has 1 aliphatic rings. The number of fused-ring (bicyclic) bond motifs is 1. The predicted octanol–water partition coefficient (Wildman–Crippen LogP) is 6.33. The highest BCUT2D eigenvalue weighted by atomic mass is 79.9. The van der Waals surface area contributed by atoms with Crippen LogP contribution in [0.2, 0.25) is 0 Å². The Morgan fingerprint density at radius 1 is 0.935 bits per heavy atom. The van der Waals surface area contributed by atoms with Gasteiger partial charge in [-0.1, -0.05) is 52.3 Å². The molecule has 1 amide bonds. The number of carbonyl (C=O) groups excluding carboxylic acids is 1. The highest BCUT2D eigenvalue weighted by molar-refractivity contribution is 9.10. The van der Waals surface area contributed by atoms with Crippen molar-refractivity contribution in [2.45, 2.75) is 20.5 Å². The Bertz CT molecular complexity index is 1120. The van der Waals surface area contributed by atoms with Crippen LogP contribution in [0.15, 0.2) is 71.2 Å². The first kappa shape index (κ1) is 21.2. The van der Waals surface area contributed by atoms with E-state index in [1.165, 1.54) is 0 Å². The van der Waals surface area contributed by atoms with Crippen LogP contribution in [0.4, 0.5) is 5.69 Å². The highest BCUT2D eigenvalue weighted by Crippen LogP contribution is 2.38. The number of hydrogen-bond donors (Lipinski definition) is 0. The van der Waals surface area contributed by atoms with Gasteiger partial charge in [0.2, 0.25) is 0 Å². The van der Waals surface area contributed by atoms with Gasteiger partial charge in [-0.2, -0.15) is 0 Å². The molecule has 0 saturated carbocycles. The number of amides is 1. The molecule has 0 saturated heterocycles. The first-order valence-electron chi connectivity index (χ1n) is 10.4. The van der Waals surface area contributed by atoms with Crippen LogP contribution in [0.1, 0.15) is 30.5 Å². The number of anilines is 1. The summed E-state index contributed by atoms with van der Waals surface area (Å²) in [6.45, 7) is 5.55. The second-order valence-corrected chi connectivity index (χ2v) is 8.09. The smallest absolute Gasteiger partial charge is 0.258 e. The molecule has 0 unspecified atom stereocenters. The van der Waals surface area contributed by atoms with Crippen molar-refractivity contribution < 1.29 is 14.3 Å². The third-order valence-corrected chi connectivity index (χ3v) is 5.69. The van der Waals surface area contributed by atoms with Crippen LogP contribution in [0.25, 0.3) is 11.6 Å². The fourth-order valence-corrected chi connectivity index (χ4v) is 3.93. The number of benzene rings is 3. The summed E-state index contributed by atoms with van der Waals surface area (Å²) in [7, 11) is 0. The zero-order chi connectivity index (χ0) is 21.8. The van der Waals surface area contributed by atoms with Crippen LogP contribution in [0.5, 0.6) is 11.5 Å². The molecular formula is C26H24BrNO3. The lowest BCUT2D eigenvalue weighted by Gasteiger charge is -2.14. The molecule has 0 bridgehead atoms. The van der Waals surface area contributed by atoms with E-state index in [4.69, 9.17) is 9.47 Å². The number of hydrogen-bond acceptors (Lipinski definition) is 3. The Kier molecular flexibility index (Phi) is 6.42. The van der Waals surface area contributed by atoms with Crippen molar-refractivity contribution in [3.05, 3.63) is 87.9 Å². The summed E-state index contributed by atoms with van der Waals surface area (Å²) in [6, 6.07) is 21.7. The first-order chi connectivity index (χ1) is 15.1. The lowest BCUT2D eigenvalue weighted by molar-refractivity contribution is -0.112. The maximum atomic E-state index is 13.0. The van der Waals surface area contributed by atoms with Crippen molar-refractivity contribution in [2.75, 3.05) is 18.1 Å². The fraction of sp³-hybridized carbons (Fsp3) is 0.192. The van der Waals surface area contributed by atoms with Crippen LogP contribution in [0, 0.1) is 0 Å². The van der Waals surface area contributed by atoms with Gasteiger partial charge in [-0.25, -0.2) is 0 Å². The van der Waals surface area contributed by atoms with Gasteiger partial charge in [-0.3, -0.25) is 4.79 Å². The molecule has 31 heavy (non-hydrogen) atoms. The summed E-state index contributed by atoms with van der Waals surface area (Å²) < 4.78 is 12.9. The van der Waals surface area contributed by atoms with Gasteiger partial charge in [0, 0.05) is 22.2 Å². The molecule has 3 aromatic carbocycles. The van der Waals surface area contributed by atoms with Crippen molar-refractivity contribution in [1.29, 1.82) is 0 Å². The summed E-state index contributed by atoms with van der Waals surface area (Å²) in [4.78, 5) is 14.8. The van der Waals surface area contributed by atoms with E-state index in [0.29, 0.717) is 36.8 Å². The normalized spacial score (nSPS) is 14.1. The van der Waals surface area contributed by atoms with Crippen LogP contribution in [0.3, 0.4) is 0 Å². The minimum Gasteiger partial charge on any atom is -0.490 e. The van der Waals surface area contributed by atoms with E-state index >= 15 is 0 Å². The average molecular weight is 478 g/mol. The van der Waals surface area contributed by atoms with Gasteiger partial charge in [0.05, 0.1) is 12.3 Å². The van der Waals surface area contributed by atoms with Gasteiger partial charge < -0.3 is 14.4 Å². The lowest BCUT2D eigenvalue weighted by Crippen LogP contribution is -2.25. The first-order valence-corrected chi connectivity index (χ1v) is 11.2. The number of likely N-dealkylation sites (N-methyl/N-ethyl adjacent to an activating group) is 1. The fourth-order valence-electron chi connectivity index (χ4n) is 3.67. The highest BCUT2D eigenvalue weighted by Gasteiger charge is 2.30. The molecule has 158 valence electrons. The van der Waals surface area contributed by atoms with Gasteiger partial charge in [0.1, 0.15) is 6.61 Å². The van der Waals surface area contributed by atoms with Crippen molar-refractivity contribution in [3.8, 4) is 11.5 Å². The van der Waals surface area contributed by atoms with Crippen LogP contribution < -0.4 is 14.4 Å². The molecule has 0 N–H and O–H groups in total. The van der Waals surface area contributed by atoms with E-state index in [9.17, 15) is 4.79 Å². The molecule has 0 fully saturated rings. The van der Waals surface area contributed by atoms with Crippen LogP contribution in [-0.4, -0.2) is 19.1 Å². The molecule has 0 spiro atoms. The molecule has 3 aromatic rings. The Morgan fingerprint density at radius 3 is 2.45 bits per heavy atom.